The molecule has 0 unspecified atom stereocenters. The zero-order valence-corrected chi connectivity index (χ0v) is 10.3. The second-order valence-electron chi connectivity index (χ2n) is 4.13. The molecule has 0 fully saturated rings. The van der Waals surface area contributed by atoms with Gasteiger partial charge in [-0.25, -0.2) is 0 Å². The highest BCUT2D eigenvalue weighted by molar-refractivity contribution is 5.19. The number of aromatic nitrogens is 1. The smallest absolute Gasteiger partial charge is 0.223 e. The predicted octanol–water partition coefficient (Wildman–Crippen LogP) is 0.738. The van der Waals surface area contributed by atoms with E-state index in [0.717, 1.165) is 5.56 Å². The number of nitrogens with zero attached hydrogens (tertiary/aromatic N) is 1. The lowest BCUT2D eigenvalue weighted by atomic mass is 10.2. The van der Waals surface area contributed by atoms with Gasteiger partial charge in [0.2, 0.25) is 5.43 Å². The average molecular weight is 261 g/mol. The lowest BCUT2D eigenvalue weighted by molar-refractivity contribution is -0.0514. The minimum Gasteiger partial charge on any atom is -0.483 e. The number of hydrogen-bond acceptors (Lipinski definition) is 4. The summed E-state index contributed by atoms with van der Waals surface area (Å²) >= 11 is 0. The molecule has 0 atom stereocenters. The number of aliphatic hydroxyl groups is 2. The molecule has 2 N–H and O–H groups in total. The van der Waals surface area contributed by atoms with Crippen molar-refractivity contribution in [2.45, 2.75) is 19.4 Å². The van der Waals surface area contributed by atoms with Crippen LogP contribution >= 0.6 is 0 Å². The third-order valence-electron chi connectivity index (χ3n) is 2.55. The molecule has 2 rings (SSSR count). The van der Waals surface area contributed by atoms with Gasteiger partial charge in [0, 0.05) is 12.3 Å². The predicted molar refractivity (Wildman–Crippen MR) is 69.7 cm³/mol. The zero-order chi connectivity index (χ0) is 13.7. The number of hydrogen-bond donors (Lipinski definition) is 2. The number of rotatable bonds is 5. The quantitative estimate of drug-likeness (QED) is 0.779. The van der Waals surface area contributed by atoms with E-state index in [9.17, 15) is 4.79 Å². The first-order chi connectivity index (χ1) is 9.15. The van der Waals surface area contributed by atoms with E-state index in [1.807, 2.05) is 30.3 Å². The second kappa shape index (κ2) is 6.17. The van der Waals surface area contributed by atoms with Crippen molar-refractivity contribution in [3.05, 3.63) is 64.6 Å². The molecule has 19 heavy (non-hydrogen) atoms. The van der Waals surface area contributed by atoms with Crippen LogP contribution in [0.15, 0.2) is 53.6 Å². The van der Waals surface area contributed by atoms with E-state index in [1.54, 1.807) is 0 Å². The SMILES string of the molecule is O=c1ccn(CC(O)O)cc1OCc1ccccc1. The molecule has 2 aromatic rings. The molecule has 1 heterocycles. The van der Waals surface area contributed by atoms with Gasteiger partial charge in [-0.15, -0.1) is 0 Å². The van der Waals surface area contributed by atoms with Gasteiger partial charge >= 0.3 is 0 Å². The highest BCUT2D eigenvalue weighted by Crippen LogP contribution is 2.07. The molecule has 5 nitrogen and oxygen atoms in total. The van der Waals surface area contributed by atoms with Crippen LogP contribution in [-0.2, 0) is 13.2 Å². The fourth-order valence-electron chi connectivity index (χ4n) is 1.65. The molecule has 0 amide bonds. The summed E-state index contributed by atoms with van der Waals surface area (Å²) in [6.45, 7) is 0.281. The first-order valence-electron chi connectivity index (χ1n) is 5.88. The van der Waals surface area contributed by atoms with Crippen molar-refractivity contribution >= 4 is 0 Å². The van der Waals surface area contributed by atoms with Gasteiger partial charge in [0.1, 0.15) is 6.61 Å². The van der Waals surface area contributed by atoms with Gasteiger partial charge in [-0.2, -0.15) is 0 Å². The average Bonchev–Trinajstić information content (AvgIpc) is 2.40. The van der Waals surface area contributed by atoms with Crippen LogP contribution in [0.1, 0.15) is 5.56 Å². The van der Waals surface area contributed by atoms with Crippen LogP contribution in [0.3, 0.4) is 0 Å². The first kappa shape index (κ1) is 13.3. The topological polar surface area (TPSA) is 71.7 Å². The molecular formula is C14H15NO4. The molecule has 100 valence electrons. The summed E-state index contributed by atoms with van der Waals surface area (Å²) in [6.07, 6.45) is 1.48. The Morgan fingerprint density at radius 1 is 1.16 bits per heavy atom. The molecule has 0 aliphatic carbocycles. The minimum atomic E-state index is -1.47. The Morgan fingerprint density at radius 2 is 1.89 bits per heavy atom. The van der Waals surface area contributed by atoms with Crippen molar-refractivity contribution in [2.24, 2.45) is 0 Å². The third kappa shape index (κ3) is 3.94. The summed E-state index contributed by atoms with van der Waals surface area (Å²) < 4.78 is 6.94. The van der Waals surface area contributed by atoms with E-state index in [-0.39, 0.29) is 17.7 Å². The summed E-state index contributed by atoms with van der Waals surface area (Å²) in [5.74, 6) is 0.187. The zero-order valence-electron chi connectivity index (χ0n) is 10.3. The molecule has 0 aliphatic heterocycles. The van der Waals surface area contributed by atoms with Gasteiger partial charge in [0.25, 0.3) is 0 Å². The van der Waals surface area contributed by atoms with Crippen molar-refractivity contribution in [2.75, 3.05) is 0 Å². The van der Waals surface area contributed by atoms with Crippen molar-refractivity contribution in [1.82, 2.24) is 4.57 Å². The van der Waals surface area contributed by atoms with Gasteiger partial charge in [-0.05, 0) is 5.56 Å². The maximum atomic E-state index is 11.6. The minimum absolute atomic E-state index is 0.0119. The first-order valence-corrected chi connectivity index (χ1v) is 5.88. The van der Waals surface area contributed by atoms with Crippen molar-refractivity contribution in [1.29, 1.82) is 0 Å². The molecule has 1 aromatic carbocycles. The summed E-state index contributed by atoms with van der Waals surface area (Å²) in [6, 6.07) is 10.8. The third-order valence-corrected chi connectivity index (χ3v) is 2.55. The fourth-order valence-corrected chi connectivity index (χ4v) is 1.65. The Labute approximate surface area is 110 Å². The van der Waals surface area contributed by atoms with E-state index < -0.39 is 6.29 Å². The Hall–Kier alpha value is -2.11. The summed E-state index contributed by atoms with van der Waals surface area (Å²) in [5.41, 5.74) is 0.721. The van der Waals surface area contributed by atoms with Gasteiger partial charge in [0.05, 0.1) is 12.7 Å². The Bertz CT molecular complexity index is 577. The van der Waals surface area contributed by atoms with E-state index in [2.05, 4.69) is 0 Å². The van der Waals surface area contributed by atoms with E-state index in [4.69, 9.17) is 14.9 Å². The molecule has 0 spiro atoms. The van der Waals surface area contributed by atoms with Crippen LogP contribution in [0, 0.1) is 0 Å². The van der Waals surface area contributed by atoms with Crippen LogP contribution in [0.4, 0.5) is 0 Å². The highest BCUT2D eigenvalue weighted by Gasteiger charge is 2.04. The lowest BCUT2D eigenvalue weighted by Crippen LogP contribution is -2.17. The van der Waals surface area contributed by atoms with Gasteiger partial charge in [0.15, 0.2) is 12.0 Å². The number of ether oxygens (including phenoxy) is 1. The summed E-state index contributed by atoms with van der Waals surface area (Å²) in [4.78, 5) is 11.6. The normalized spacial score (nSPS) is 10.7. The number of pyridine rings is 1. The Balaban J connectivity index is 2.09. The van der Waals surface area contributed by atoms with Gasteiger partial charge in [-0.1, -0.05) is 30.3 Å². The fraction of sp³-hybridized carbons (Fsp3) is 0.214. The van der Waals surface area contributed by atoms with Crippen LogP contribution in [-0.4, -0.2) is 21.1 Å². The number of aliphatic hydroxyl groups excluding tert-OH is 1. The molecule has 0 radical (unpaired) electrons. The van der Waals surface area contributed by atoms with E-state index in [0.29, 0.717) is 6.61 Å². The van der Waals surface area contributed by atoms with Crippen LogP contribution in [0.25, 0.3) is 0 Å². The largest absolute Gasteiger partial charge is 0.483 e. The summed E-state index contributed by atoms with van der Waals surface area (Å²) in [7, 11) is 0. The van der Waals surface area contributed by atoms with Crippen molar-refractivity contribution in [3.63, 3.8) is 0 Å². The van der Waals surface area contributed by atoms with E-state index >= 15 is 0 Å². The number of benzene rings is 1. The second-order valence-corrected chi connectivity index (χ2v) is 4.13. The molecule has 1 aromatic heterocycles. The van der Waals surface area contributed by atoms with Crippen LogP contribution < -0.4 is 10.2 Å². The monoisotopic (exact) mass is 261 g/mol. The van der Waals surface area contributed by atoms with Gasteiger partial charge in [-0.3, -0.25) is 4.79 Å². The molecule has 0 aliphatic rings. The van der Waals surface area contributed by atoms with E-state index in [1.165, 1.54) is 23.0 Å². The van der Waals surface area contributed by atoms with Crippen molar-refractivity contribution in [3.8, 4) is 5.75 Å². The van der Waals surface area contributed by atoms with Gasteiger partial charge < -0.3 is 19.5 Å². The molecule has 5 heteroatoms. The maximum absolute atomic E-state index is 11.6. The van der Waals surface area contributed by atoms with Crippen LogP contribution in [0.2, 0.25) is 0 Å². The van der Waals surface area contributed by atoms with Crippen LogP contribution in [0.5, 0.6) is 5.75 Å². The molecular weight excluding hydrogens is 246 g/mol. The summed E-state index contributed by atoms with van der Waals surface area (Å²) in [5, 5.41) is 17.8. The molecule has 0 saturated carbocycles. The van der Waals surface area contributed by atoms with Crippen molar-refractivity contribution < 1.29 is 14.9 Å². The molecule has 0 bridgehead atoms. The Morgan fingerprint density at radius 3 is 2.58 bits per heavy atom. The molecule has 0 saturated heterocycles. The highest BCUT2D eigenvalue weighted by atomic mass is 16.5. The lowest BCUT2D eigenvalue weighted by Gasteiger charge is -2.10. The Kier molecular flexibility index (Phi) is 4.33. The maximum Gasteiger partial charge on any atom is 0.223 e. The standard InChI is InChI=1S/C14H15NO4/c16-12-6-7-15(9-14(17)18)8-13(12)19-10-11-4-2-1-3-5-11/h1-8,14,17-18H,9-10H2.